The third kappa shape index (κ3) is 1.11. The van der Waals surface area contributed by atoms with Gasteiger partial charge in [-0.15, -0.1) is 0 Å². The Labute approximate surface area is 64.6 Å². The number of aromatic nitrogens is 1. The molecule has 2 nitrogen and oxygen atoms in total. The molecule has 0 saturated heterocycles. The summed E-state index contributed by atoms with van der Waals surface area (Å²) in [6.07, 6.45) is 7.35. The van der Waals surface area contributed by atoms with Gasteiger partial charge in [0.2, 0.25) is 0 Å². The lowest BCUT2D eigenvalue weighted by Crippen LogP contribution is -1.76. The van der Waals surface area contributed by atoms with E-state index in [2.05, 4.69) is 15.8 Å². The highest BCUT2D eigenvalue weighted by Crippen LogP contribution is 2.16. The van der Waals surface area contributed by atoms with Crippen molar-refractivity contribution in [3.05, 3.63) is 36.0 Å². The molecule has 1 aliphatic rings. The summed E-state index contributed by atoms with van der Waals surface area (Å²) in [7, 11) is 0. The molecule has 0 saturated carbocycles. The third-order valence-corrected chi connectivity index (χ3v) is 1.43. The molecular weight excluding hydrogens is 136 g/mol. The monoisotopic (exact) mass is 142 g/mol. The lowest BCUT2D eigenvalue weighted by molar-refractivity contribution is 1.27. The molecule has 1 aliphatic heterocycles. The van der Waals surface area contributed by atoms with Gasteiger partial charge in [0.1, 0.15) is 0 Å². The topological polar surface area (TPSA) is 25.2 Å². The summed E-state index contributed by atoms with van der Waals surface area (Å²) in [5.41, 5.74) is 1.04. The van der Waals surface area contributed by atoms with E-state index in [0.29, 0.717) is 0 Å². The Balaban J connectivity index is 2.67. The van der Waals surface area contributed by atoms with E-state index >= 15 is 0 Å². The Hall–Kier alpha value is -1.66. The highest BCUT2D eigenvalue weighted by molar-refractivity contribution is 5.71. The quantitative estimate of drug-likeness (QED) is 0.543. The zero-order valence-electron chi connectivity index (χ0n) is 5.86. The van der Waals surface area contributed by atoms with Crippen LogP contribution >= 0.6 is 0 Å². The number of pyridine rings is 1. The maximum Gasteiger partial charge on any atom is 0.168 e. The molecule has 52 valence electrons. The minimum Gasteiger partial charge on any atom is -0.236 e. The minimum atomic E-state index is 0.734. The molecule has 11 heavy (non-hydrogen) atoms. The van der Waals surface area contributed by atoms with Crippen molar-refractivity contribution in [3.63, 3.8) is 0 Å². The average molecular weight is 142 g/mol. The van der Waals surface area contributed by atoms with E-state index in [1.807, 2.05) is 24.3 Å². The maximum absolute atomic E-state index is 4.08. The first-order valence-corrected chi connectivity index (χ1v) is 3.38. The first-order chi connectivity index (χ1) is 5.47. The van der Waals surface area contributed by atoms with Crippen molar-refractivity contribution in [3.8, 4) is 0 Å². The fourth-order valence-electron chi connectivity index (χ4n) is 0.926. The fraction of sp³-hybridized carbons (Fsp3) is 0. The largest absolute Gasteiger partial charge is 0.236 e. The van der Waals surface area contributed by atoms with Crippen LogP contribution < -0.4 is 0 Å². The second-order valence-corrected chi connectivity index (χ2v) is 2.18. The van der Waals surface area contributed by atoms with Crippen molar-refractivity contribution in [2.24, 2.45) is 4.99 Å². The Morgan fingerprint density at radius 1 is 1.36 bits per heavy atom. The Kier molecular flexibility index (Phi) is 1.39. The zero-order valence-corrected chi connectivity index (χ0v) is 5.86. The van der Waals surface area contributed by atoms with Gasteiger partial charge in [-0.25, -0.2) is 4.98 Å². The molecule has 0 amide bonds. The molecule has 0 radical (unpaired) electrons. The molecule has 0 N–H and O–H groups in total. The lowest BCUT2D eigenvalue weighted by Gasteiger charge is -1.93. The predicted molar refractivity (Wildman–Crippen MR) is 44.9 cm³/mol. The van der Waals surface area contributed by atoms with Crippen molar-refractivity contribution in [2.75, 3.05) is 0 Å². The number of aliphatic imine (C=N–C) groups is 1. The van der Waals surface area contributed by atoms with Crippen LogP contribution in [0, 0.1) is 0 Å². The van der Waals surface area contributed by atoms with Gasteiger partial charge in [0.05, 0.1) is 0 Å². The Morgan fingerprint density at radius 3 is 3.36 bits per heavy atom. The van der Waals surface area contributed by atoms with Crippen LogP contribution in [0.1, 0.15) is 5.56 Å². The standard InChI is InChI=1S/C9H6N2/c1-2-6-10-9-8(4-1)5-3-7-11-9/h1-5,7H. The van der Waals surface area contributed by atoms with Gasteiger partial charge in [-0.05, 0) is 24.1 Å². The summed E-state index contributed by atoms with van der Waals surface area (Å²) >= 11 is 0. The fourth-order valence-corrected chi connectivity index (χ4v) is 0.926. The zero-order chi connectivity index (χ0) is 7.52. The SMILES string of the molecule is C1=CC=Cc2cccnc2N=1. The predicted octanol–water partition coefficient (Wildman–Crippen LogP) is 1.97. The molecule has 0 aliphatic carbocycles. The van der Waals surface area contributed by atoms with E-state index in [-0.39, 0.29) is 0 Å². The molecule has 1 aromatic rings. The van der Waals surface area contributed by atoms with E-state index in [9.17, 15) is 0 Å². The van der Waals surface area contributed by atoms with Crippen LogP contribution in [0.5, 0.6) is 0 Å². The van der Waals surface area contributed by atoms with Gasteiger partial charge in [-0.1, -0.05) is 12.2 Å². The van der Waals surface area contributed by atoms with Gasteiger partial charge in [0, 0.05) is 11.8 Å². The van der Waals surface area contributed by atoms with Gasteiger partial charge in [-0.2, -0.15) is 4.99 Å². The molecule has 2 heteroatoms. The molecule has 2 rings (SSSR count). The highest BCUT2D eigenvalue weighted by atomic mass is 14.9. The second kappa shape index (κ2) is 2.52. The van der Waals surface area contributed by atoms with Gasteiger partial charge < -0.3 is 0 Å². The summed E-state index contributed by atoms with van der Waals surface area (Å²) < 4.78 is 0. The minimum absolute atomic E-state index is 0.734. The first-order valence-electron chi connectivity index (χ1n) is 3.38. The van der Waals surface area contributed by atoms with E-state index in [1.165, 1.54) is 0 Å². The molecule has 0 aromatic carbocycles. The number of nitrogens with zero attached hydrogens (tertiary/aromatic N) is 2. The van der Waals surface area contributed by atoms with E-state index < -0.39 is 0 Å². The number of hydrogen-bond donors (Lipinski definition) is 0. The normalized spacial score (nSPS) is 12.7. The van der Waals surface area contributed by atoms with E-state index in [4.69, 9.17) is 0 Å². The van der Waals surface area contributed by atoms with Crippen LogP contribution in [0.2, 0.25) is 0 Å². The van der Waals surface area contributed by atoms with Crippen molar-refractivity contribution < 1.29 is 0 Å². The Morgan fingerprint density at radius 2 is 2.36 bits per heavy atom. The van der Waals surface area contributed by atoms with Crippen molar-refractivity contribution in [1.29, 1.82) is 0 Å². The maximum atomic E-state index is 4.08. The number of rotatable bonds is 0. The molecule has 2 heterocycles. The van der Waals surface area contributed by atoms with Crippen LogP contribution in [0.4, 0.5) is 5.82 Å². The van der Waals surface area contributed by atoms with Crippen LogP contribution in [0.25, 0.3) is 6.08 Å². The Bertz CT molecular complexity index is 358. The number of hydrogen-bond acceptors (Lipinski definition) is 2. The van der Waals surface area contributed by atoms with Crippen LogP contribution in [-0.4, -0.2) is 10.9 Å². The van der Waals surface area contributed by atoms with Gasteiger partial charge in [-0.3, -0.25) is 0 Å². The van der Waals surface area contributed by atoms with Crippen molar-refractivity contribution >= 4 is 17.8 Å². The summed E-state index contributed by atoms with van der Waals surface area (Å²) in [4.78, 5) is 8.09. The lowest BCUT2D eigenvalue weighted by atomic mass is 10.2. The van der Waals surface area contributed by atoms with Crippen molar-refractivity contribution in [1.82, 2.24) is 4.98 Å². The van der Waals surface area contributed by atoms with Gasteiger partial charge >= 0.3 is 0 Å². The highest BCUT2D eigenvalue weighted by Gasteiger charge is 1.96. The van der Waals surface area contributed by atoms with E-state index in [1.54, 1.807) is 12.3 Å². The van der Waals surface area contributed by atoms with Crippen LogP contribution in [0.3, 0.4) is 0 Å². The summed E-state index contributed by atoms with van der Waals surface area (Å²) in [6, 6.07) is 3.87. The summed E-state index contributed by atoms with van der Waals surface area (Å²) in [5, 5.41) is 0. The van der Waals surface area contributed by atoms with Gasteiger partial charge in [0.25, 0.3) is 0 Å². The van der Waals surface area contributed by atoms with Gasteiger partial charge in [0.15, 0.2) is 5.82 Å². The third-order valence-electron chi connectivity index (χ3n) is 1.43. The molecule has 0 bridgehead atoms. The number of allylic oxidation sites excluding steroid dienone is 2. The number of fused-ring (bicyclic) bond motifs is 1. The van der Waals surface area contributed by atoms with Crippen molar-refractivity contribution in [2.45, 2.75) is 0 Å². The second-order valence-electron chi connectivity index (χ2n) is 2.18. The van der Waals surface area contributed by atoms with Crippen LogP contribution in [0.15, 0.2) is 35.5 Å². The molecule has 0 atom stereocenters. The molecule has 0 spiro atoms. The smallest absolute Gasteiger partial charge is 0.168 e. The van der Waals surface area contributed by atoms with Crippen LogP contribution in [-0.2, 0) is 0 Å². The average Bonchev–Trinajstić information content (AvgIpc) is 2.28. The molecule has 0 fully saturated rings. The van der Waals surface area contributed by atoms with E-state index in [0.717, 1.165) is 11.4 Å². The molecule has 1 aromatic heterocycles. The summed E-state index contributed by atoms with van der Waals surface area (Å²) in [5.74, 6) is 3.49. The first kappa shape index (κ1) is 6.08. The summed E-state index contributed by atoms with van der Waals surface area (Å²) in [6.45, 7) is 0. The molecular formula is C9H6N2. The molecule has 0 unspecified atom stereocenters.